The summed E-state index contributed by atoms with van der Waals surface area (Å²) in [5.41, 5.74) is 1.75. The van der Waals surface area contributed by atoms with Gasteiger partial charge in [-0.25, -0.2) is 8.93 Å². The molecule has 1 unspecified atom stereocenters. The molecule has 0 bridgehead atoms. The van der Waals surface area contributed by atoms with E-state index in [-0.39, 0.29) is 0 Å². The Bertz CT molecular complexity index is 506. The molecule has 2 aromatic heterocycles. The Morgan fingerprint density at radius 1 is 1.38 bits per heavy atom. The van der Waals surface area contributed by atoms with Crippen LogP contribution in [0.1, 0.15) is 0 Å². The molecule has 0 aromatic carbocycles. The average Bonchev–Trinajstić information content (AvgIpc) is 2.75. The molecular weight excluding hydrogens is 224 g/mol. The van der Waals surface area contributed by atoms with Crippen LogP contribution >= 0.6 is 0 Å². The van der Waals surface area contributed by atoms with Gasteiger partial charge in [-0.15, -0.1) is 0 Å². The summed E-state index contributed by atoms with van der Waals surface area (Å²) in [6.07, 6.45) is 3.33. The van der Waals surface area contributed by atoms with Crippen LogP contribution in [0, 0.1) is 0 Å². The molecule has 0 aliphatic carbocycles. The van der Waals surface area contributed by atoms with Crippen molar-refractivity contribution in [3.05, 3.63) is 30.6 Å². The van der Waals surface area contributed by atoms with E-state index < -0.39 is 11.0 Å². The number of nitrogens with zero attached hydrogens (tertiary/aromatic N) is 3. The van der Waals surface area contributed by atoms with Gasteiger partial charge in [-0.1, -0.05) is 0 Å². The zero-order valence-corrected chi connectivity index (χ0v) is 9.86. The van der Waals surface area contributed by atoms with Gasteiger partial charge in [0, 0.05) is 19.4 Å². The molecule has 0 saturated heterocycles. The molecule has 2 aromatic rings. The molecule has 0 saturated carbocycles. The summed E-state index contributed by atoms with van der Waals surface area (Å²) in [5, 5.41) is 4.07. The van der Waals surface area contributed by atoms with Crippen molar-refractivity contribution in [2.45, 2.75) is 4.90 Å². The quantitative estimate of drug-likeness (QED) is 0.854. The third-order valence-electron chi connectivity index (χ3n) is 2.22. The smallest absolute Gasteiger partial charge is 0.126 e. The highest BCUT2D eigenvalue weighted by atomic mass is 32.2. The summed E-state index contributed by atoms with van der Waals surface area (Å²) in [6.45, 7) is 0. The molecule has 0 aliphatic rings. The Morgan fingerprint density at radius 3 is 2.69 bits per heavy atom. The fourth-order valence-corrected chi connectivity index (χ4v) is 1.96. The number of pyridine rings is 1. The van der Waals surface area contributed by atoms with Crippen LogP contribution in [0.15, 0.2) is 35.5 Å². The van der Waals surface area contributed by atoms with Crippen LogP contribution in [0.3, 0.4) is 0 Å². The van der Waals surface area contributed by atoms with Gasteiger partial charge in [0.1, 0.15) is 11.0 Å². The fourth-order valence-electron chi connectivity index (χ4n) is 1.38. The van der Waals surface area contributed by atoms with Crippen LogP contribution in [-0.4, -0.2) is 26.0 Å². The van der Waals surface area contributed by atoms with Crippen molar-refractivity contribution >= 4 is 11.0 Å². The number of hydrogen-bond acceptors (Lipinski definition) is 3. The predicted octanol–water partition coefficient (Wildman–Crippen LogP) is 0.724. The van der Waals surface area contributed by atoms with Gasteiger partial charge in [0.25, 0.3) is 0 Å². The number of rotatable bonds is 3. The van der Waals surface area contributed by atoms with Crippen LogP contribution < -0.4 is 4.72 Å². The van der Waals surface area contributed by atoms with Crippen LogP contribution in [0.4, 0.5) is 0 Å². The lowest BCUT2D eigenvalue weighted by molar-refractivity contribution is 0.677. The van der Waals surface area contributed by atoms with Gasteiger partial charge in [-0.05, 0) is 25.2 Å². The summed E-state index contributed by atoms with van der Waals surface area (Å²) in [4.78, 5) is 4.92. The maximum atomic E-state index is 11.4. The lowest BCUT2D eigenvalue weighted by atomic mass is 10.3. The standard InChI is InChI=1S/C10H12N4OS/c1-11-16(15)8-3-4-9(12-7-8)10-5-6-13-14(10)2/h3-7,11H,1-2H3. The first kappa shape index (κ1) is 11.0. The second kappa shape index (κ2) is 4.54. The second-order valence-electron chi connectivity index (χ2n) is 3.19. The molecule has 0 amide bonds. The minimum absolute atomic E-state index is 0.661. The van der Waals surface area contributed by atoms with Crippen molar-refractivity contribution in [2.24, 2.45) is 7.05 Å². The number of hydrogen-bond donors (Lipinski definition) is 1. The van der Waals surface area contributed by atoms with Gasteiger partial charge < -0.3 is 0 Å². The highest BCUT2D eigenvalue weighted by Gasteiger charge is 2.05. The van der Waals surface area contributed by atoms with E-state index in [1.807, 2.05) is 19.2 Å². The van der Waals surface area contributed by atoms with Crippen LogP contribution in [0.5, 0.6) is 0 Å². The molecule has 0 aliphatic heterocycles. The van der Waals surface area contributed by atoms with E-state index in [0.717, 1.165) is 11.4 Å². The van der Waals surface area contributed by atoms with Gasteiger partial charge in [-0.2, -0.15) is 5.10 Å². The summed E-state index contributed by atoms with van der Waals surface area (Å²) in [6, 6.07) is 5.51. The molecule has 16 heavy (non-hydrogen) atoms. The summed E-state index contributed by atoms with van der Waals surface area (Å²) in [5.74, 6) is 0. The average molecular weight is 236 g/mol. The van der Waals surface area contributed by atoms with Crippen LogP contribution in [-0.2, 0) is 18.0 Å². The van der Waals surface area contributed by atoms with Crippen molar-refractivity contribution in [1.29, 1.82) is 0 Å². The van der Waals surface area contributed by atoms with Gasteiger partial charge in [0.2, 0.25) is 0 Å². The van der Waals surface area contributed by atoms with Gasteiger partial charge >= 0.3 is 0 Å². The van der Waals surface area contributed by atoms with E-state index in [1.54, 1.807) is 30.2 Å². The second-order valence-corrected chi connectivity index (χ2v) is 4.61. The summed E-state index contributed by atoms with van der Waals surface area (Å²) in [7, 11) is 2.32. The van der Waals surface area contributed by atoms with Crippen LogP contribution in [0.2, 0.25) is 0 Å². The van der Waals surface area contributed by atoms with Crippen molar-refractivity contribution in [2.75, 3.05) is 7.05 Å². The molecule has 2 rings (SSSR count). The SMILES string of the molecule is CNS(=O)c1ccc(-c2ccnn2C)nc1. The zero-order chi connectivity index (χ0) is 11.5. The highest BCUT2D eigenvalue weighted by Crippen LogP contribution is 2.16. The van der Waals surface area contributed by atoms with E-state index in [1.165, 1.54) is 0 Å². The van der Waals surface area contributed by atoms with E-state index >= 15 is 0 Å². The van der Waals surface area contributed by atoms with E-state index in [0.29, 0.717) is 4.90 Å². The molecular formula is C10H12N4OS. The van der Waals surface area contributed by atoms with Crippen LogP contribution in [0.25, 0.3) is 11.4 Å². The van der Waals surface area contributed by atoms with Gasteiger partial charge in [0.15, 0.2) is 0 Å². The molecule has 2 heterocycles. The Kier molecular flexibility index (Phi) is 3.12. The van der Waals surface area contributed by atoms with Gasteiger partial charge in [0.05, 0.1) is 16.3 Å². The van der Waals surface area contributed by atoms with E-state index in [4.69, 9.17) is 0 Å². The minimum atomic E-state index is -1.19. The van der Waals surface area contributed by atoms with Crippen molar-refractivity contribution in [3.8, 4) is 11.4 Å². The first-order valence-electron chi connectivity index (χ1n) is 4.76. The van der Waals surface area contributed by atoms with Crippen molar-refractivity contribution in [3.63, 3.8) is 0 Å². The zero-order valence-electron chi connectivity index (χ0n) is 9.04. The summed E-state index contributed by atoms with van der Waals surface area (Å²) < 4.78 is 15.8. The lowest BCUT2D eigenvalue weighted by Gasteiger charge is -2.03. The molecule has 0 radical (unpaired) electrons. The van der Waals surface area contributed by atoms with Crippen molar-refractivity contribution in [1.82, 2.24) is 19.5 Å². The van der Waals surface area contributed by atoms with Gasteiger partial charge in [-0.3, -0.25) is 9.67 Å². The molecule has 1 atom stereocenters. The number of nitrogens with one attached hydrogen (secondary N) is 1. The maximum absolute atomic E-state index is 11.4. The molecule has 5 nitrogen and oxygen atoms in total. The Morgan fingerprint density at radius 2 is 2.19 bits per heavy atom. The first-order chi connectivity index (χ1) is 7.72. The first-order valence-corrected chi connectivity index (χ1v) is 5.91. The third-order valence-corrected chi connectivity index (χ3v) is 3.26. The maximum Gasteiger partial charge on any atom is 0.126 e. The Labute approximate surface area is 96.1 Å². The monoisotopic (exact) mass is 236 g/mol. The largest absolute Gasteiger partial charge is 0.266 e. The molecule has 6 heteroatoms. The number of aryl methyl sites for hydroxylation is 1. The number of aromatic nitrogens is 3. The highest BCUT2D eigenvalue weighted by molar-refractivity contribution is 7.83. The summed E-state index contributed by atoms with van der Waals surface area (Å²) >= 11 is 0. The minimum Gasteiger partial charge on any atom is -0.266 e. The molecule has 1 N–H and O–H groups in total. The lowest BCUT2D eigenvalue weighted by Crippen LogP contribution is -2.10. The molecule has 84 valence electrons. The van der Waals surface area contributed by atoms with E-state index in [2.05, 4.69) is 14.8 Å². The Balaban J connectivity index is 2.33. The third kappa shape index (κ3) is 2.02. The van der Waals surface area contributed by atoms with Crippen molar-refractivity contribution < 1.29 is 4.21 Å². The molecule has 0 fully saturated rings. The topological polar surface area (TPSA) is 59.8 Å². The predicted molar refractivity (Wildman–Crippen MR) is 61.9 cm³/mol. The molecule has 0 spiro atoms. The normalized spacial score (nSPS) is 12.6. The van der Waals surface area contributed by atoms with E-state index in [9.17, 15) is 4.21 Å². The fraction of sp³-hybridized carbons (Fsp3) is 0.200. The Hall–Kier alpha value is -1.53.